The van der Waals surface area contributed by atoms with Gasteiger partial charge in [-0.3, -0.25) is 9.59 Å². The highest BCUT2D eigenvalue weighted by molar-refractivity contribution is 9.10. The maximum atomic E-state index is 14.6. The van der Waals surface area contributed by atoms with Crippen molar-refractivity contribution in [1.82, 2.24) is 15.1 Å². The molecule has 2 heterocycles. The predicted octanol–water partition coefficient (Wildman–Crippen LogP) is 4.11. The fraction of sp³-hybridized carbons (Fsp3) is 0.395. The largest absolute Gasteiger partial charge is 0.492 e. The number of carboxylic acids is 1. The number of carbonyl (C=O) groups is 3. The van der Waals surface area contributed by atoms with Gasteiger partial charge < -0.3 is 35.2 Å². The third-order valence-electron chi connectivity index (χ3n) is 9.62. The maximum Gasteiger partial charge on any atom is 0.335 e. The molecule has 10 nitrogen and oxygen atoms in total. The fourth-order valence-electron chi connectivity index (χ4n) is 6.81. The van der Waals surface area contributed by atoms with Gasteiger partial charge in [-0.05, 0) is 101 Å². The third kappa shape index (κ3) is 8.83. The number of piperazine rings is 1. The van der Waals surface area contributed by atoms with Gasteiger partial charge in [0.25, 0.3) is 11.8 Å². The fourth-order valence-corrected chi connectivity index (χ4v) is 7.18. The van der Waals surface area contributed by atoms with Gasteiger partial charge in [-0.25, -0.2) is 13.6 Å². The van der Waals surface area contributed by atoms with E-state index < -0.39 is 30.1 Å². The van der Waals surface area contributed by atoms with Crippen LogP contribution in [0.2, 0.25) is 0 Å². The molecule has 0 radical (unpaired) electrons. The van der Waals surface area contributed by atoms with Crippen molar-refractivity contribution in [3.63, 3.8) is 0 Å². The second-order valence-corrected chi connectivity index (χ2v) is 14.2. The van der Waals surface area contributed by atoms with E-state index in [9.17, 15) is 33.4 Å². The molecule has 2 fully saturated rings. The van der Waals surface area contributed by atoms with Crippen molar-refractivity contribution < 1.29 is 43.2 Å². The van der Waals surface area contributed by atoms with Crippen LogP contribution >= 0.6 is 15.9 Å². The van der Waals surface area contributed by atoms with Crippen molar-refractivity contribution in [3.05, 3.63) is 105 Å². The highest BCUT2D eigenvalue weighted by Gasteiger charge is 2.45. The number of ether oxygens (including phenoxy) is 1. The quantitative estimate of drug-likeness (QED) is 0.180. The minimum atomic E-state index is -2.27. The van der Waals surface area contributed by atoms with Crippen LogP contribution in [0.15, 0.2) is 76.8 Å². The summed E-state index contributed by atoms with van der Waals surface area (Å²) in [6.45, 7) is 0.964. The molecule has 270 valence electrons. The zero-order valence-corrected chi connectivity index (χ0v) is 29.4. The molecule has 2 aliphatic heterocycles. The first kappa shape index (κ1) is 36.6. The number of carboxylic acid groups (broad SMARTS) is 1. The number of hydrogen-bond acceptors (Lipinski definition) is 7. The van der Waals surface area contributed by atoms with Crippen molar-refractivity contribution in [3.8, 4) is 5.75 Å². The second kappa shape index (κ2) is 16.0. The SMILES string of the molecule is O=C(O)[C@H](O)[C@H](O)C(=O)N1C[C@H]2CC(c3ccc(CCCOc4cc(F)ccc4Br)cc3)=C(C(=O)N(CCc3ccc(F)cc3)C3CC3)[C@@H](C1)N2. The Morgan fingerprint density at radius 1 is 0.922 bits per heavy atom. The number of aliphatic carboxylic acids is 1. The van der Waals surface area contributed by atoms with Crippen molar-refractivity contribution in [2.45, 2.75) is 68.9 Å². The number of fused-ring (bicyclic) bond motifs is 2. The van der Waals surface area contributed by atoms with Gasteiger partial charge in [0.2, 0.25) is 0 Å². The van der Waals surface area contributed by atoms with Crippen LogP contribution in [0.25, 0.3) is 5.57 Å². The summed E-state index contributed by atoms with van der Waals surface area (Å²) in [5.41, 5.74) is 4.18. The van der Waals surface area contributed by atoms with Crippen LogP contribution in [0, 0.1) is 11.6 Å². The lowest BCUT2D eigenvalue weighted by molar-refractivity contribution is -0.163. The summed E-state index contributed by atoms with van der Waals surface area (Å²) in [6, 6.07) is 17.6. The van der Waals surface area contributed by atoms with Gasteiger partial charge in [-0.15, -0.1) is 0 Å². The van der Waals surface area contributed by atoms with Gasteiger partial charge in [0.1, 0.15) is 17.4 Å². The first-order valence-corrected chi connectivity index (χ1v) is 17.9. The summed E-state index contributed by atoms with van der Waals surface area (Å²) < 4.78 is 33.6. The smallest absolute Gasteiger partial charge is 0.335 e. The molecule has 0 unspecified atom stereocenters. The number of nitrogens with zero attached hydrogens (tertiary/aromatic N) is 2. The number of rotatable bonds is 14. The Labute approximate surface area is 302 Å². The molecule has 51 heavy (non-hydrogen) atoms. The van der Waals surface area contributed by atoms with Gasteiger partial charge in [-0.1, -0.05) is 36.4 Å². The van der Waals surface area contributed by atoms with Gasteiger partial charge >= 0.3 is 5.97 Å². The second-order valence-electron chi connectivity index (χ2n) is 13.3. The van der Waals surface area contributed by atoms with Crippen LogP contribution < -0.4 is 10.1 Å². The average molecular weight is 769 g/mol. The summed E-state index contributed by atoms with van der Waals surface area (Å²) >= 11 is 3.37. The zero-order chi connectivity index (χ0) is 36.2. The maximum absolute atomic E-state index is 14.6. The lowest BCUT2D eigenvalue weighted by atomic mass is 9.82. The molecule has 1 saturated heterocycles. The molecule has 0 aromatic heterocycles. The van der Waals surface area contributed by atoms with Crippen LogP contribution in [0.3, 0.4) is 0 Å². The molecule has 3 aromatic rings. The zero-order valence-electron chi connectivity index (χ0n) is 27.8. The van der Waals surface area contributed by atoms with E-state index in [2.05, 4.69) is 21.2 Å². The first-order chi connectivity index (χ1) is 24.5. The van der Waals surface area contributed by atoms with Gasteiger partial charge in [0.05, 0.1) is 17.1 Å². The minimum absolute atomic E-state index is 0.000708. The van der Waals surface area contributed by atoms with Crippen molar-refractivity contribution in [2.75, 3.05) is 26.2 Å². The van der Waals surface area contributed by atoms with E-state index in [4.69, 9.17) is 9.84 Å². The number of halogens is 3. The van der Waals surface area contributed by atoms with Gasteiger partial charge in [0, 0.05) is 43.4 Å². The van der Waals surface area contributed by atoms with E-state index in [1.807, 2.05) is 29.2 Å². The number of amides is 2. The summed E-state index contributed by atoms with van der Waals surface area (Å²) in [4.78, 5) is 42.2. The average Bonchev–Trinajstić information content (AvgIpc) is 3.96. The molecule has 0 spiro atoms. The molecule has 4 N–H and O–H groups in total. The van der Waals surface area contributed by atoms with Gasteiger partial charge in [0.15, 0.2) is 12.2 Å². The summed E-state index contributed by atoms with van der Waals surface area (Å²) in [5, 5.41) is 32.9. The number of aliphatic hydroxyl groups is 2. The Morgan fingerprint density at radius 2 is 1.59 bits per heavy atom. The van der Waals surface area contributed by atoms with E-state index in [1.165, 1.54) is 29.2 Å². The highest BCUT2D eigenvalue weighted by atomic mass is 79.9. The number of aliphatic hydroxyl groups excluding tert-OH is 2. The molecule has 2 bridgehead atoms. The first-order valence-electron chi connectivity index (χ1n) is 17.1. The van der Waals surface area contributed by atoms with Crippen LogP contribution in [0.1, 0.15) is 42.4 Å². The molecule has 13 heteroatoms. The van der Waals surface area contributed by atoms with Crippen molar-refractivity contribution in [1.29, 1.82) is 0 Å². The van der Waals surface area contributed by atoms with Gasteiger partial charge in [-0.2, -0.15) is 0 Å². The minimum Gasteiger partial charge on any atom is -0.492 e. The van der Waals surface area contributed by atoms with Crippen LogP contribution in [0.5, 0.6) is 5.75 Å². The third-order valence-corrected chi connectivity index (χ3v) is 10.3. The standard InChI is InChI=1S/C38H40BrF2N3O7/c39-30-14-11-26(41)18-32(30)51-17-1-2-22-3-7-24(8-4-22)29-19-27-20-43(37(48)34(45)35(46)38(49)50)21-31(42-27)33(29)36(47)44(28-12-13-28)16-15-23-5-9-25(40)10-6-23/h3-11,14,18,27-28,31,34-35,42,45-46H,1-2,12-13,15-17,19-21H2,(H,49,50)/t27-,31-,34+,35-/m1/s1. The Balaban J connectivity index is 1.23. The van der Waals surface area contributed by atoms with Crippen molar-refractivity contribution in [2.24, 2.45) is 0 Å². The number of aryl methyl sites for hydroxylation is 1. The van der Waals surface area contributed by atoms with E-state index in [-0.39, 0.29) is 42.7 Å². The molecule has 3 aromatic carbocycles. The number of carbonyl (C=O) groups excluding carboxylic acids is 2. The molecule has 3 aliphatic rings. The number of hydrogen-bond donors (Lipinski definition) is 4. The van der Waals surface area contributed by atoms with Crippen LogP contribution in [0.4, 0.5) is 8.78 Å². The molecular weight excluding hydrogens is 728 g/mol. The molecule has 1 saturated carbocycles. The molecule has 6 rings (SSSR count). The van der Waals surface area contributed by atoms with Crippen molar-refractivity contribution >= 4 is 39.3 Å². The summed E-state index contributed by atoms with van der Waals surface area (Å²) in [5.74, 6) is -3.06. The Bertz CT molecular complexity index is 1780. The van der Waals surface area contributed by atoms with Crippen LogP contribution in [-0.4, -0.2) is 99.5 Å². The Morgan fingerprint density at radius 3 is 2.27 bits per heavy atom. The molecule has 2 amide bonds. The summed E-state index contributed by atoms with van der Waals surface area (Å²) in [6.07, 6.45) is -0.367. The normalized spacial score (nSPS) is 19.7. The topological polar surface area (TPSA) is 140 Å². The van der Waals surface area contributed by atoms with E-state index >= 15 is 0 Å². The molecular formula is C38H40BrF2N3O7. The van der Waals surface area contributed by atoms with E-state index in [1.54, 1.807) is 18.2 Å². The molecule has 4 atom stereocenters. The lowest BCUT2D eigenvalue weighted by Crippen LogP contribution is -2.64. The van der Waals surface area contributed by atoms with Crippen LogP contribution in [-0.2, 0) is 27.2 Å². The lowest BCUT2D eigenvalue weighted by Gasteiger charge is -2.45. The molecule has 1 aliphatic carbocycles. The van der Waals surface area contributed by atoms with E-state index in [0.717, 1.165) is 35.1 Å². The number of nitrogens with one attached hydrogen (secondary N) is 1. The summed E-state index contributed by atoms with van der Waals surface area (Å²) in [7, 11) is 0. The number of benzene rings is 3. The highest BCUT2D eigenvalue weighted by Crippen LogP contribution is 2.37. The van der Waals surface area contributed by atoms with E-state index in [0.29, 0.717) is 54.6 Å². The Hall–Kier alpha value is -4.17. The predicted molar refractivity (Wildman–Crippen MR) is 188 cm³/mol. The monoisotopic (exact) mass is 767 g/mol. The Kier molecular flexibility index (Phi) is 11.5.